The fourth-order valence-corrected chi connectivity index (χ4v) is 3.47. The molecule has 0 bridgehead atoms. The first kappa shape index (κ1) is 28.1. The lowest BCUT2D eigenvalue weighted by Crippen LogP contribution is -2.60. The fraction of sp³-hybridized carbons (Fsp3) is 0.750. The van der Waals surface area contributed by atoms with Gasteiger partial charge in [0.15, 0.2) is 5.96 Å². The Morgan fingerprint density at radius 2 is 1.76 bits per heavy atom. The Bertz CT molecular complexity index is 738. The van der Waals surface area contributed by atoms with E-state index in [-0.39, 0.29) is 31.4 Å². The van der Waals surface area contributed by atoms with Gasteiger partial charge in [0.05, 0.1) is 12.1 Å². The van der Waals surface area contributed by atoms with E-state index in [0.29, 0.717) is 19.3 Å². The number of carboxylic acid groups (broad SMARTS) is 1. The van der Waals surface area contributed by atoms with Crippen molar-refractivity contribution in [3.63, 3.8) is 0 Å². The number of hydrogen-bond donors (Lipinski definition) is 7. The highest BCUT2D eigenvalue weighted by Crippen LogP contribution is 2.20. The van der Waals surface area contributed by atoms with Gasteiger partial charge in [0, 0.05) is 13.1 Å². The van der Waals surface area contributed by atoms with Crippen LogP contribution in [0.25, 0.3) is 0 Å². The van der Waals surface area contributed by atoms with Crippen molar-refractivity contribution in [2.24, 2.45) is 28.1 Å². The van der Waals surface area contributed by atoms with E-state index in [0.717, 1.165) is 0 Å². The molecule has 1 saturated heterocycles. The van der Waals surface area contributed by atoms with Crippen LogP contribution in [0.15, 0.2) is 4.99 Å². The van der Waals surface area contributed by atoms with E-state index in [1.807, 2.05) is 0 Å². The van der Waals surface area contributed by atoms with Gasteiger partial charge >= 0.3 is 5.97 Å². The number of rotatable bonds is 12. The van der Waals surface area contributed by atoms with Crippen molar-refractivity contribution in [2.45, 2.75) is 76.7 Å². The molecule has 0 saturated carbocycles. The normalized spacial score (nSPS) is 19.3. The van der Waals surface area contributed by atoms with Gasteiger partial charge in [-0.2, -0.15) is 0 Å². The number of nitrogens with two attached hydrogens (primary N) is 3. The number of aliphatic carboxylic acids is 1. The number of guanidine groups is 1. The summed E-state index contributed by atoms with van der Waals surface area (Å²) in [6.45, 7) is 5.24. The van der Waals surface area contributed by atoms with Crippen LogP contribution >= 0.6 is 0 Å². The first-order valence-electron chi connectivity index (χ1n) is 11.0. The average Bonchev–Trinajstić information content (AvgIpc) is 3.22. The van der Waals surface area contributed by atoms with Gasteiger partial charge in [-0.25, -0.2) is 4.79 Å². The second-order valence-corrected chi connectivity index (χ2v) is 8.53. The number of likely N-dealkylation sites (tertiary alicyclic amines) is 1. The molecular formula is C20H37N7O6. The van der Waals surface area contributed by atoms with E-state index < -0.39 is 54.0 Å². The molecule has 1 rings (SSSR count). The maximum Gasteiger partial charge on any atom is 0.326 e. The van der Waals surface area contributed by atoms with Crippen molar-refractivity contribution in [1.29, 1.82) is 0 Å². The van der Waals surface area contributed by atoms with Gasteiger partial charge < -0.3 is 42.9 Å². The summed E-state index contributed by atoms with van der Waals surface area (Å²) < 4.78 is 0. The third-order valence-electron chi connectivity index (χ3n) is 5.46. The van der Waals surface area contributed by atoms with Crippen molar-refractivity contribution in [2.75, 3.05) is 13.1 Å². The van der Waals surface area contributed by atoms with Crippen LogP contribution in [0.2, 0.25) is 0 Å². The Morgan fingerprint density at radius 3 is 2.27 bits per heavy atom. The number of nitrogens with one attached hydrogen (secondary N) is 2. The first-order valence-corrected chi connectivity index (χ1v) is 11.0. The molecule has 5 unspecified atom stereocenters. The molecule has 0 aromatic rings. The second kappa shape index (κ2) is 12.9. The quantitative estimate of drug-likeness (QED) is 0.0901. The van der Waals surface area contributed by atoms with E-state index in [1.54, 1.807) is 13.8 Å². The number of carbonyl (C=O) groups excluding carboxylic acids is 3. The van der Waals surface area contributed by atoms with Gasteiger partial charge in [0.25, 0.3) is 0 Å². The summed E-state index contributed by atoms with van der Waals surface area (Å²) in [6, 6.07) is -4.32. The van der Waals surface area contributed by atoms with E-state index in [9.17, 15) is 29.4 Å². The van der Waals surface area contributed by atoms with Crippen LogP contribution in [0.4, 0.5) is 0 Å². The summed E-state index contributed by atoms with van der Waals surface area (Å²) >= 11 is 0. The van der Waals surface area contributed by atoms with E-state index in [2.05, 4.69) is 15.6 Å². The topological polar surface area (TPSA) is 226 Å². The lowest BCUT2D eigenvalue weighted by Gasteiger charge is -2.29. The Balaban J connectivity index is 3.01. The molecule has 3 amide bonds. The highest BCUT2D eigenvalue weighted by Gasteiger charge is 2.38. The zero-order valence-corrected chi connectivity index (χ0v) is 19.4. The Hall–Kier alpha value is -2.93. The molecule has 1 aliphatic rings. The highest BCUT2D eigenvalue weighted by molar-refractivity contribution is 5.94. The van der Waals surface area contributed by atoms with Crippen LogP contribution in [0.5, 0.6) is 0 Å². The van der Waals surface area contributed by atoms with Crippen LogP contribution in [-0.2, 0) is 19.2 Å². The molecule has 0 aliphatic carbocycles. The minimum Gasteiger partial charge on any atom is -0.480 e. The van der Waals surface area contributed by atoms with Crippen molar-refractivity contribution in [3.05, 3.63) is 0 Å². The summed E-state index contributed by atoms with van der Waals surface area (Å²) in [5, 5.41) is 24.4. The maximum absolute atomic E-state index is 13.1. The molecule has 13 heteroatoms. The summed E-state index contributed by atoms with van der Waals surface area (Å²) in [7, 11) is 0. The second-order valence-electron chi connectivity index (χ2n) is 8.53. The minimum absolute atomic E-state index is 0.120. The number of hydrogen-bond acceptors (Lipinski definition) is 7. The molecule has 33 heavy (non-hydrogen) atoms. The standard InChI is InChI=1S/C20H37N7O6/c1-10(2)14(21)16(29)26-15(11(3)28)17(30)25-12(6-4-8-24-20(22)23)18(31)27-9-5-7-13(27)19(32)33/h10-15,28H,4-9,21H2,1-3H3,(H,25,30)(H,26,29)(H,32,33)(H4,22,23,24). The van der Waals surface area contributed by atoms with Gasteiger partial charge in [-0.3, -0.25) is 19.4 Å². The number of carboxylic acids is 1. The molecule has 10 N–H and O–H groups in total. The van der Waals surface area contributed by atoms with E-state index in [4.69, 9.17) is 17.2 Å². The summed E-state index contributed by atoms with van der Waals surface area (Å²) in [5.41, 5.74) is 16.4. The van der Waals surface area contributed by atoms with Gasteiger partial charge in [0.2, 0.25) is 17.7 Å². The molecular weight excluding hydrogens is 434 g/mol. The molecule has 0 aromatic heterocycles. The molecule has 188 valence electrons. The fourth-order valence-electron chi connectivity index (χ4n) is 3.47. The smallest absolute Gasteiger partial charge is 0.326 e. The monoisotopic (exact) mass is 471 g/mol. The van der Waals surface area contributed by atoms with Crippen LogP contribution in [0.1, 0.15) is 46.5 Å². The zero-order valence-electron chi connectivity index (χ0n) is 19.4. The SMILES string of the molecule is CC(C)C(N)C(=O)NC(C(=O)NC(CCCN=C(N)N)C(=O)N1CCCC1C(=O)O)C(C)O. The Labute approximate surface area is 193 Å². The predicted molar refractivity (Wildman–Crippen MR) is 121 cm³/mol. The number of carbonyl (C=O) groups is 4. The number of amides is 3. The van der Waals surface area contributed by atoms with E-state index in [1.165, 1.54) is 11.8 Å². The van der Waals surface area contributed by atoms with Crippen molar-refractivity contribution < 1.29 is 29.4 Å². The highest BCUT2D eigenvalue weighted by atomic mass is 16.4. The predicted octanol–water partition coefficient (Wildman–Crippen LogP) is -2.55. The van der Waals surface area contributed by atoms with Crippen LogP contribution < -0.4 is 27.8 Å². The molecule has 1 aliphatic heterocycles. The molecule has 0 aromatic carbocycles. The van der Waals surface area contributed by atoms with Gasteiger partial charge in [0.1, 0.15) is 18.1 Å². The van der Waals surface area contributed by atoms with Gasteiger partial charge in [-0.05, 0) is 38.5 Å². The lowest BCUT2D eigenvalue weighted by atomic mass is 10.0. The molecule has 13 nitrogen and oxygen atoms in total. The molecule has 0 radical (unpaired) electrons. The van der Waals surface area contributed by atoms with Gasteiger partial charge in [-0.15, -0.1) is 0 Å². The molecule has 1 fully saturated rings. The lowest BCUT2D eigenvalue weighted by molar-refractivity contribution is -0.149. The molecule has 5 atom stereocenters. The summed E-state index contributed by atoms with van der Waals surface area (Å²) in [4.78, 5) is 54.9. The third-order valence-corrected chi connectivity index (χ3v) is 5.46. The van der Waals surface area contributed by atoms with Crippen molar-refractivity contribution in [3.8, 4) is 0 Å². The Kier molecular flexibility index (Phi) is 11.0. The van der Waals surface area contributed by atoms with Crippen LogP contribution in [0, 0.1) is 5.92 Å². The van der Waals surface area contributed by atoms with Crippen molar-refractivity contribution in [1.82, 2.24) is 15.5 Å². The minimum atomic E-state index is -1.36. The average molecular weight is 472 g/mol. The summed E-state index contributed by atoms with van der Waals surface area (Å²) in [5.74, 6) is -3.41. The zero-order chi connectivity index (χ0) is 25.3. The van der Waals surface area contributed by atoms with Crippen LogP contribution in [-0.4, -0.2) is 88.1 Å². The largest absolute Gasteiger partial charge is 0.480 e. The Morgan fingerprint density at radius 1 is 1.12 bits per heavy atom. The first-order chi connectivity index (χ1) is 15.4. The molecule has 1 heterocycles. The number of aliphatic hydroxyl groups excluding tert-OH is 1. The third kappa shape index (κ3) is 8.50. The summed E-state index contributed by atoms with van der Waals surface area (Å²) in [6.07, 6.45) is 0.0102. The van der Waals surface area contributed by atoms with E-state index >= 15 is 0 Å². The van der Waals surface area contributed by atoms with Gasteiger partial charge in [-0.1, -0.05) is 13.8 Å². The molecule has 0 spiro atoms. The maximum atomic E-state index is 13.1. The number of aliphatic hydroxyl groups is 1. The number of aliphatic imine (C=N–C) groups is 1. The number of nitrogens with zero attached hydrogens (tertiary/aromatic N) is 2. The van der Waals surface area contributed by atoms with Crippen LogP contribution in [0.3, 0.4) is 0 Å². The van der Waals surface area contributed by atoms with Crippen molar-refractivity contribution >= 4 is 29.7 Å².